The van der Waals surface area contributed by atoms with Gasteiger partial charge in [0.15, 0.2) is 5.78 Å². The van der Waals surface area contributed by atoms with Crippen molar-refractivity contribution in [2.75, 3.05) is 6.61 Å². The second kappa shape index (κ2) is 4.97. The molecule has 0 aliphatic heterocycles. The van der Waals surface area contributed by atoms with Crippen LogP contribution >= 0.6 is 0 Å². The van der Waals surface area contributed by atoms with E-state index in [9.17, 15) is 15.2 Å². The fourth-order valence-electron chi connectivity index (χ4n) is 8.17. The van der Waals surface area contributed by atoms with Crippen LogP contribution in [0.5, 0.6) is 0 Å². The van der Waals surface area contributed by atoms with Crippen molar-refractivity contribution < 1.29 is 9.90 Å². The highest BCUT2D eigenvalue weighted by Crippen LogP contribution is 2.75. The van der Waals surface area contributed by atoms with Gasteiger partial charge in [-0.05, 0) is 78.6 Å². The van der Waals surface area contributed by atoms with Gasteiger partial charge in [0.25, 0.3) is 0 Å². The number of aliphatic hydroxyl groups excluding tert-OH is 1. The van der Waals surface area contributed by atoms with E-state index in [1.54, 1.807) is 0 Å². The number of rotatable bonds is 1. The van der Waals surface area contributed by atoms with E-state index in [2.05, 4.69) is 19.9 Å². The number of nitrogens with zero attached hydrogens (tertiary/aromatic N) is 1. The number of hydrogen-bond donors (Lipinski definition) is 1. The Morgan fingerprint density at radius 1 is 1.24 bits per heavy atom. The Balaban J connectivity index is 1.57. The van der Waals surface area contributed by atoms with Crippen LogP contribution in [0.25, 0.3) is 0 Å². The van der Waals surface area contributed by atoms with Crippen LogP contribution in [0.15, 0.2) is 11.6 Å². The SMILES string of the molecule is C[C@]12CCC(=O)C=C1[C@H](CO)CC1C2CC[C@@]2(C)C1[C@@H]1C[C@@H]1[C@@H]2C#N. The summed E-state index contributed by atoms with van der Waals surface area (Å²) in [5.41, 5.74) is 1.52. The smallest absolute Gasteiger partial charge is 0.155 e. The molecule has 5 aliphatic carbocycles. The molecule has 1 N–H and O–H groups in total. The molecule has 0 radical (unpaired) electrons. The molecular weight excluding hydrogens is 310 g/mol. The van der Waals surface area contributed by atoms with E-state index in [1.165, 1.54) is 24.8 Å². The van der Waals surface area contributed by atoms with Crippen molar-refractivity contribution in [1.82, 2.24) is 0 Å². The van der Waals surface area contributed by atoms with Crippen molar-refractivity contribution in [3.05, 3.63) is 11.6 Å². The molecule has 5 rings (SSSR count). The van der Waals surface area contributed by atoms with Gasteiger partial charge in [-0.15, -0.1) is 0 Å². The van der Waals surface area contributed by atoms with E-state index in [0.29, 0.717) is 30.1 Å². The minimum absolute atomic E-state index is 0.0840. The molecule has 0 bridgehead atoms. The van der Waals surface area contributed by atoms with E-state index in [0.717, 1.165) is 18.8 Å². The van der Waals surface area contributed by atoms with Crippen molar-refractivity contribution in [2.24, 2.45) is 52.3 Å². The third-order valence-electron chi connectivity index (χ3n) is 9.27. The average molecular weight is 339 g/mol. The van der Waals surface area contributed by atoms with Gasteiger partial charge in [-0.3, -0.25) is 4.79 Å². The minimum atomic E-state index is 0.0840. The van der Waals surface area contributed by atoms with Gasteiger partial charge in [0.1, 0.15) is 0 Å². The monoisotopic (exact) mass is 339 g/mol. The Bertz CT molecular complexity index is 705. The Morgan fingerprint density at radius 2 is 2.04 bits per heavy atom. The van der Waals surface area contributed by atoms with Gasteiger partial charge in [-0.1, -0.05) is 19.4 Å². The van der Waals surface area contributed by atoms with Gasteiger partial charge in [0, 0.05) is 18.9 Å². The van der Waals surface area contributed by atoms with Gasteiger partial charge < -0.3 is 5.11 Å². The minimum Gasteiger partial charge on any atom is -0.396 e. The maximum absolute atomic E-state index is 12.1. The summed E-state index contributed by atoms with van der Waals surface area (Å²) in [5.74, 6) is 3.95. The topological polar surface area (TPSA) is 61.1 Å². The van der Waals surface area contributed by atoms with Gasteiger partial charge in [0.05, 0.1) is 12.0 Å². The summed E-state index contributed by atoms with van der Waals surface area (Å²) in [4.78, 5) is 12.1. The summed E-state index contributed by atoms with van der Waals surface area (Å²) in [6.07, 6.45) is 8.15. The highest BCUT2D eigenvalue weighted by atomic mass is 16.3. The molecule has 3 nitrogen and oxygen atoms in total. The highest BCUT2D eigenvalue weighted by Gasteiger charge is 2.70. The Hall–Kier alpha value is -1.14. The molecule has 25 heavy (non-hydrogen) atoms. The summed E-state index contributed by atoms with van der Waals surface area (Å²) in [6, 6.07) is 2.68. The fraction of sp³-hybridized carbons (Fsp3) is 0.818. The third kappa shape index (κ3) is 1.87. The summed E-state index contributed by atoms with van der Waals surface area (Å²) in [7, 11) is 0. The Morgan fingerprint density at radius 3 is 2.76 bits per heavy atom. The van der Waals surface area contributed by atoms with Gasteiger partial charge in [-0.2, -0.15) is 5.26 Å². The Labute approximate surface area is 150 Å². The molecule has 0 aromatic rings. The molecule has 0 heterocycles. The summed E-state index contributed by atoms with van der Waals surface area (Å²) in [5, 5.41) is 19.9. The summed E-state index contributed by atoms with van der Waals surface area (Å²) in [6.45, 7) is 4.92. The molecule has 0 aromatic heterocycles. The van der Waals surface area contributed by atoms with Crippen LogP contribution in [0.2, 0.25) is 0 Å². The van der Waals surface area contributed by atoms with Crippen molar-refractivity contribution in [3.63, 3.8) is 0 Å². The van der Waals surface area contributed by atoms with E-state index in [1.807, 2.05) is 6.08 Å². The standard InChI is InChI=1S/C22H29NO2/c1-21-5-3-13(25)8-18(21)12(11-24)7-16-17(21)4-6-22(2)19(10-23)14-9-15(14)20(16)22/h8,12,14-17,19-20,24H,3-7,9,11H2,1-2H3/t12-,14-,15+,16?,17?,19-,20?,21+,22+/m0/s1. The molecule has 3 heteroatoms. The normalized spacial score (nSPS) is 56.0. The molecule has 9 atom stereocenters. The molecule has 4 saturated carbocycles. The average Bonchev–Trinajstić information content (AvgIpc) is 3.30. The first-order valence-electron chi connectivity index (χ1n) is 10.2. The number of aliphatic hydroxyl groups is 1. The van der Waals surface area contributed by atoms with Crippen molar-refractivity contribution >= 4 is 5.78 Å². The van der Waals surface area contributed by atoms with Crippen molar-refractivity contribution in [2.45, 2.75) is 52.4 Å². The number of ketones is 1. The summed E-state index contributed by atoms with van der Waals surface area (Å²) >= 11 is 0. The maximum Gasteiger partial charge on any atom is 0.155 e. The van der Waals surface area contributed by atoms with Crippen molar-refractivity contribution in [1.29, 1.82) is 5.26 Å². The first-order chi connectivity index (χ1) is 11.9. The van der Waals surface area contributed by atoms with Crippen LogP contribution in [0.4, 0.5) is 0 Å². The highest BCUT2D eigenvalue weighted by molar-refractivity contribution is 5.91. The van der Waals surface area contributed by atoms with Crippen molar-refractivity contribution in [3.8, 4) is 6.07 Å². The summed E-state index contributed by atoms with van der Waals surface area (Å²) < 4.78 is 0. The molecule has 0 saturated heterocycles. The molecule has 5 aliphatic rings. The number of carbonyl (C=O) groups is 1. The number of carbonyl (C=O) groups excluding carboxylic acids is 1. The lowest BCUT2D eigenvalue weighted by Gasteiger charge is -2.60. The first kappa shape index (κ1) is 16.1. The van der Waals surface area contributed by atoms with Gasteiger partial charge >= 0.3 is 0 Å². The van der Waals surface area contributed by atoms with Gasteiger partial charge in [0.2, 0.25) is 0 Å². The number of hydrogen-bond acceptors (Lipinski definition) is 3. The second-order valence-corrected chi connectivity index (χ2v) is 10.1. The zero-order valence-corrected chi connectivity index (χ0v) is 15.4. The molecule has 4 fully saturated rings. The largest absolute Gasteiger partial charge is 0.396 e. The van der Waals surface area contributed by atoms with Crippen LogP contribution < -0.4 is 0 Å². The molecule has 0 amide bonds. The van der Waals surface area contributed by atoms with Gasteiger partial charge in [-0.25, -0.2) is 0 Å². The van der Waals surface area contributed by atoms with E-state index < -0.39 is 0 Å². The van der Waals surface area contributed by atoms with Crippen LogP contribution in [0, 0.1) is 63.6 Å². The molecule has 0 aromatic carbocycles. The van der Waals surface area contributed by atoms with Crippen LogP contribution in [-0.4, -0.2) is 17.5 Å². The predicted molar refractivity (Wildman–Crippen MR) is 94.1 cm³/mol. The number of fused-ring (bicyclic) bond motifs is 7. The third-order valence-corrected chi connectivity index (χ3v) is 9.27. The first-order valence-corrected chi connectivity index (χ1v) is 10.2. The lowest BCUT2D eigenvalue weighted by molar-refractivity contribution is -0.118. The zero-order chi connectivity index (χ0) is 17.6. The van der Waals surface area contributed by atoms with Crippen LogP contribution in [0.1, 0.15) is 52.4 Å². The predicted octanol–water partition coefficient (Wildman–Crippen LogP) is 3.73. The molecular formula is C22H29NO2. The van der Waals surface area contributed by atoms with E-state index in [-0.39, 0.29) is 35.1 Å². The zero-order valence-electron chi connectivity index (χ0n) is 15.4. The van der Waals surface area contributed by atoms with Crippen LogP contribution in [0.3, 0.4) is 0 Å². The second-order valence-electron chi connectivity index (χ2n) is 10.1. The van der Waals surface area contributed by atoms with E-state index in [4.69, 9.17) is 0 Å². The fourth-order valence-corrected chi connectivity index (χ4v) is 8.17. The molecule has 134 valence electrons. The Kier molecular flexibility index (Phi) is 3.20. The number of nitriles is 1. The van der Waals surface area contributed by atoms with Crippen LogP contribution in [-0.2, 0) is 4.79 Å². The lowest BCUT2D eigenvalue weighted by atomic mass is 9.44. The lowest BCUT2D eigenvalue weighted by Crippen LogP contribution is -2.54. The van der Waals surface area contributed by atoms with E-state index >= 15 is 0 Å². The molecule has 0 spiro atoms. The quantitative estimate of drug-likeness (QED) is 0.792. The molecule has 3 unspecified atom stereocenters. The maximum atomic E-state index is 12.1.